The predicted octanol–water partition coefficient (Wildman–Crippen LogP) is 4.06. The first-order valence-electron chi connectivity index (χ1n) is 5.67. The second kappa shape index (κ2) is 4.87. The Labute approximate surface area is 122 Å². The van der Waals surface area contributed by atoms with Crippen LogP contribution in [0.25, 0.3) is 11.1 Å². The Morgan fingerprint density at radius 3 is 2.79 bits per heavy atom. The van der Waals surface area contributed by atoms with Crippen LogP contribution in [0.3, 0.4) is 0 Å². The topological polar surface area (TPSA) is 35.1 Å². The average molecular weight is 339 g/mol. The van der Waals surface area contributed by atoms with Crippen molar-refractivity contribution in [3.05, 3.63) is 68.1 Å². The lowest BCUT2D eigenvalue weighted by molar-refractivity contribution is 0.517. The molecule has 0 radical (unpaired) electrons. The molecule has 0 aliphatic carbocycles. The molecule has 19 heavy (non-hydrogen) atoms. The lowest BCUT2D eigenvalue weighted by Gasteiger charge is -2.05. The van der Waals surface area contributed by atoms with Crippen LogP contribution in [0.4, 0.5) is 0 Å². The molecule has 0 unspecified atom stereocenters. The average Bonchev–Trinajstić information content (AvgIpc) is 2.69. The number of aromatic nitrogens is 1. The summed E-state index contributed by atoms with van der Waals surface area (Å²) in [4.78, 5) is 11.9. The van der Waals surface area contributed by atoms with Crippen molar-refractivity contribution < 1.29 is 4.42 Å². The Morgan fingerprint density at radius 2 is 2.00 bits per heavy atom. The van der Waals surface area contributed by atoms with Crippen LogP contribution in [0.2, 0.25) is 5.02 Å². The summed E-state index contributed by atoms with van der Waals surface area (Å²) in [7, 11) is 0. The minimum atomic E-state index is -0.381. The molecule has 1 heterocycles. The highest BCUT2D eigenvalue weighted by molar-refractivity contribution is 9.10. The summed E-state index contributed by atoms with van der Waals surface area (Å²) < 4.78 is 7.73. The number of benzene rings is 2. The largest absolute Gasteiger partial charge is 0.420 e. The third kappa shape index (κ3) is 2.33. The van der Waals surface area contributed by atoms with Crippen molar-refractivity contribution in [3.63, 3.8) is 0 Å². The predicted molar refractivity (Wildman–Crippen MR) is 78.7 cm³/mol. The maximum atomic E-state index is 11.9. The summed E-state index contributed by atoms with van der Waals surface area (Å²) in [6.45, 7) is 0.438. The van der Waals surface area contributed by atoms with E-state index in [1.807, 2.05) is 24.3 Å². The quantitative estimate of drug-likeness (QED) is 0.706. The third-order valence-electron chi connectivity index (χ3n) is 2.92. The van der Waals surface area contributed by atoms with Crippen molar-refractivity contribution in [2.24, 2.45) is 0 Å². The summed E-state index contributed by atoms with van der Waals surface area (Å²) >= 11 is 9.44. The van der Waals surface area contributed by atoms with Crippen molar-refractivity contribution in [1.29, 1.82) is 0 Å². The van der Waals surface area contributed by atoms with Crippen molar-refractivity contribution in [1.82, 2.24) is 4.57 Å². The van der Waals surface area contributed by atoms with Gasteiger partial charge in [-0.1, -0.05) is 45.7 Å². The Morgan fingerprint density at radius 1 is 1.21 bits per heavy atom. The van der Waals surface area contributed by atoms with Gasteiger partial charge in [0.25, 0.3) is 0 Å². The summed E-state index contributed by atoms with van der Waals surface area (Å²) in [6, 6.07) is 12.9. The molecule has 5 heteroatoms. The van der Waals surface area contributed by atoms with E-state index in [1.54, 1.807) is 22.8 Å². The molecule has 1 aromatic heterocycles. The molecule has 0 aliphatic heterocycles. The normalized spacial score (nSPS) is 11.1. The van der Waals surface area contributed by atoms with Crippen LogP contribution >= 0.6 is 27.5 Å². The van der Waals surface area contributed by atoms with E-state index in [2.05, 4.69) is 15.9 Å². The standard InChI is InChI=1S/C14H9BrClNO2/c15-11-4-2-1-3-9(11)8-17-12-7-10(16)5-6-13(12)19-14(17)18/h1-7H,8H2. The molecule has 0 saturated carbocycles. The van der Waals surface area contributed by atoms with E-state index in [9.17, 15) is 4.79 Å². The number of hydrogen-bond acceptors (Lipinski definition) is 2. The van der Waals surface area contributed by atoms with Gasteiger partial charge in [0.15, 0.2) is 5.58 Å². The lowest BCUT2D eigenvalue weighted by atomic mass is 10.2. The Bertz CT molecular complexity index is 807. The van der Waals surface area contributed by atoms with Crippen LogP contribution in [0.15, 0.2) is 56.1 Å². The zero-order valence-electron chi connectivity index (χ0n) is 9.77. The Kier molecular flexibility index (Phi) is 3.21. The highest BCUT2D eigenvalue weighted by Gasteiger charge is 2.11. The molecule has 3 nitrogen and oxygen atoms in total. The van der Waals surface area contributed by atoms with Crippen molar-refractivity contribution >= 4 is 38.6 Å². The van der Waals surface area contributed by atoms with Crippen molar-refractivity contribution in [2.45, 2.75) is 6.54 Å². The van der Waals surface area contributed by atoms with E-state index in [4.69, 9.17) is 16.0 Å². The number of hydrogen-bond donors (Lipinski definition) is 0. The first kappa shape index (κ1) is 12.5. The second-order valence-corrected chi connectivity index (χ2v) is 5.45. The van der Waals surface area contributed by atoms with Gasteiger partial charge >= 0.3 is 5.76 Å². The van der Waals surface area contributed by atoms with Crippen LogP contribution in [0.5, 0.6) is 0 Å². The monoisotopic (exact) mass is 337 g/mol. The number of rotatable bonds is 2. The molecule has 0 aliphatic rings. The molecular formula is C14H9BrClNO2. The van der Waals surface area contributed by atoms with E-state index in [0.29, 0.717) is 22.7 Å². The maximum absolute atomic E-state index is 11.9. The number of fused-ring (bicyclic) bond motifs is 1. The van der Waals surface area contributed by atoms with Gasteiger partial charge < -0.3 is 4.42 Å². The summed E-state index contributed by atoms with van der Waals surface area (Å²) in [5, 5.41) is 0.578. The lowest BCUT2D eigenvalue weighted by Crippen LogP contribution is -2.15. The summed E-state index contributed by atoms with van der Waals surface area (Å²) in [5.74, 6) is -0.381. The molecule has 0 spiro atoms. The molecule has 96 valence electrons. The minimum Gasteiger partial charge on any atom is -0.408 e. The molecule has 0 N–H and O–H groups in total. The molecule has 3 aromatic rings. The molecule has 0 atom stereocenters. The maximum Gasteiger partial charge on any atom is 0.420 e. The Balaban J connectivity index is 2.15. The minimum absolute atomic E-state index is 0.381. The SMILES string of the molecule is O=c1oc2ccc(Cl)cc2n1Cc1ccccc1Br. The van der Waals surface area contributed by atoms with Gasteiger partial charge in [0.2, 0.25) is 0 Å². The highest BCUT2D eigenvalue weighted by Crippen LogP contribution is 2.21. The molecule has 0 bridgehead atoms. The van der Waals surface area contributed by atoms with E-state index in [1.165, 1.54) is 0 Å². The number of halogens is 2. The van der Waals surface area contributed by atoms with Gasteiger partial charge in [0, 0.05) is 9.50 Å². The zero-order valence-corrected chi connectivity index (χ0v) is 12.1. The smallest absolute Gasteiger partial charge is 0.408 e. The van der Waals surface area contributed by atoms with E-state index in [-0.39, 0.29) is 5.76 Å². The fraction of sp³-hybridized carbons (Fsp3) is 0.0714. The molecule has 3 rings (SSSR count). The van der Waals surface area contributed by atoms with E-state index in [0.717, 1.165) is 10.0 Å². The van der Waals surface area contributed by atoms with Crippen LogP contribution in [0, 0.1) is 0 Å². The molecule has 0 amide bonds. The molecule has 2 aromatic carbocycles. The fourth-order valence-corrected chi connectivity index (χ4v) is 2.56. The fourth-order valence-electron chi connectivity index (χ4n) is 1.98. The van der Waals surface area contributed by atoms with E-state index >= 15 is 0 Å². The van der Waals surface area contributed by atoms with Crippen LogP contribution in [0.1, 0.15) is 5.56 Å². The number of oxazole rings is 1. The van der Waals surface area contributed by atoms with Crippen molar-refractivity contribution in [3.8, 4) is 0 Å². The summed E-state index contributed by atoms with van der Waals surface area (Å²) in [6.07, 6.45) is 0. The van der Waals surface area contributed by atoms with E-state index < -0.39 is 0 Å². The van der Waals surface area contributed by atoms with Gasteiger partial charge in [0.1, 0.15) is 0 Å². The van der Waals surface area contributed by atoms with Gasteiger partial charge in [-0.15, -0.1) is 0 Å². The van der Waals surface area contributed by atoms with Crippen LogP contribution < -0.4 is 5.76 Å². The first-order chi connectivity index (χ1) is 9.15. The van der Waals surface area contributed by atoms with Gasteiger partial charge in [0.05, 0.1) is 12.1 Å². The van der Waals surface area contributed by atoms with Crippen molar-refractivity contribution in [2.75, 3.05) is 0 Å². The first-order valence-corrected chi connectivity index (χ1v) is 6.84. The molecule has 0 saturated heterocycles. The van der Waals surface area contributed by atoms with Gasteiger partial charge in [-0.05, 0) is 29.8 Å². The van der Waals surface area contributed by atoms with Gasteiger partial charge in [-0.2, -0.15) is 0 Å². The third-order valence-corrected chi connectivity index (χ3v) is 3.92. The summed E-state index contributed by atoms with van der Waals surface area (Å²) in [5.41, 5.74) is 2.25. The Hall–Kier alpha value is -1.52. The zero-order chi connectivity index (χ0) is 13.4. The van der Waals surface area contributed by atoms with Crippen LogP contribution in [-0.4, -0.2) is 4.57 Å². The molecular weight excluding hydrogens is 330 g/mol. The van der Waals surface area contributed by atoms with Crippen LogP contribution in [-0.2, 0) is 6.54 Å². The second-order valence-electron chi connectivity index (χ2n) is 4.16. The highest BCUT2D eigenvalue weighted by atomic mass is 79.9. The number of nitrogens with zero attached hydrogens (tertiary/aromatic N) is 1. The van der Waals surface area contributed by atoms with Gasteiger partial charge in [-0.3, -0.25) is 4.57 Å². The van der Waals surface area contributed by atoms with Gasteiger partial charge in [-0.25, -0.2) is 4.79 Å². The molecule has 0 fully saturated rings.